The van der Waals surface area contributed by atoms with Gasteiger partial charge in [0.05, 0.1) is 24.2 Å². The number of aliphatic hydroxyl groups is 1. The number of β-amino-alcohol motifs (C(OH)–C–C–N with tert-alkyl or cyclic N) is 1. The fraction of sp³-hybridized carbons (Fsp3) is 0.519. The van der Waals surface area contributed by atoms with Crippen molar-refractivity contribution in [1.82, 2.24) is 15.1 Å². The Bertz CT molecular complexity index is 921. The number of carbonyl (C=O) groups excluding carboxylic acids is 1. The normalized spacial score (nSPS) is 18.0. The molecule has 34 heavy (non-hydrogen) atoms. The standard InChI is InChI=1S/C27H37N3O4/c1-27(2,3)33-19-20(31)18-30-16-14-29(15-17-30)13-12-28-26(32)25-21-8-4-6-10-23(21)34-24-11-7-5-9-22(24)25/h4-11,20,25,31H,12-19H2,1-3H3,(H,28,32)/t20-/m0/s1. The lowest BCUT2D eigenvalue weighted by molar-refractivity contribution is -0.121. The van der Waals surface area contributed by atoms with Crippen molar-refractivity contribution in [2.75, 3.05) is 52.4 Å². The Hall–Kier alpha value is -2.45. The maximum absolute atomic E-state index is 13.2. The molecular formula is C27H37N3O4. The summed E-state index contributed by atoms with van der Waals surface area (Å²) in [5.41, 5.74) is 1.57. The summed E-state index contributed by atoms with van der Waals surface area (Å²) in [5.74, 6) is 1.12. The Morgan fingerprint density at radius 3 is 2.18 bits per heavy atom. The number of rotatable bonds is 8. The van der Waals surface area contributed by atoms with Gasteiger partial charge in [-0.25, -0.2) is 0 Å². The van der Waals surface area contributed by atoms with Gasteiger partial charge >= 0.3 is 0 Å². The first-order chi connectivity index (χ1) is 16.3. The number of nitrogens with one attached hydrogen (secondary N) is 1. The van der Waals surface area contributed by atoms with Gasteiger partial charge in [0.25, 0.3) is 0 Å². The number of fused-ring (bicyclic) bond motifs is 2. The number of hydrogen-bond donors (Lipinski definition) is 2. The maximum Gasteiger partial charge on any atom is 0.232 e. The number of piperazine rings is 1. The summed E-state index contributed by atoms with van der Waals surface area (Å²) in [4.78, 5) is 17.9. The molecule has 2 aliphatic heterocycles. The zero-order chi connectivity index (χ0) is 24.1. The highest BCUT2D eigenvalue weighted by atomic mass is 16.5. The van der Waals surface area contributed by atoms with E-state index in [4.69, 9.17) is 9.47 Å². The molecule has 0 aliphatic carbocycles. The van der Waals surface area contributed by atoms with Gasteiger partial charge in [-0.2, -0.15) is 0 Å². The van der Waals surface area contributed by atoms with Crippen molar-refractivity contribution in [2.45, 2.75) is 38.4 Å². The van der Waals surface area contributed by atoms with Crippen LogP contribution in [0.1, 0.15) is 37.8 Å². The molecule has 1 atom stereocenters. The predicted molar refractivity (Wildman–Crippen MR) is 132 cm³/mol. The van der Waals surface area contributed by atoms with Crippen molar-refractivity contribution < 1.29 is 19.4 Å². The SMILES string of the molecule is CC(C)(C)OC[C@@H](O)CN1CCN(CCNC(=O)C2c3ccccc3Oc3ccccc32)CC1. The highest BCUT2D eigenvalue weighted by Gasteiger charge is 2.32. The molecule has 0 unspecified atom stereocenters. The number of carbonyl (C=O) groups is 1. The molecule has 1 saturated heterocycles. The van der Waals surface area contributed by atoms with Gasteiger partial charge in [-0.3, -0.25) is 14.6 Å². The molecule has 7 nitrogen and oxygen atoms in total. The minimum Gasteiger partial charge on any atom is -0.457 e. The second kappa shape index (κ2) is 10.9. The van der Waals surface area contributed by atoms with E-state index in [2.05, 4.69) is 15.1 Å². The van der Waals surface area contributed by atoms with E-state index in [9.17, 15) is 9.90 Å². The third-order valence-corrected chi connectivity index (χ3v) is 6.31. The molecule has 0 spiro atoms. The number of hydrogen-bond acceptors (Lipinski definition) is 6. The van der Waals surface area contributed by atoms with Crippen LogP contribution in [0.5, 0.6) is 11.5 Å². The molecule has 4 rings (SSSR count). The lowest BCUT2D eigenvalue weighted by atomic mass is 9.87. The minimum absolute atomic E-state index is 0.00352. The van der Waals surface area contributed by atoms with Crippen LogP contribution < -0.4 is 10.1 Å². The molecule has 0 radical (unpaired) electrons. The van der Waals surface area contributed by atoms with Gasteiger partial charge in [0, 0.05) is 56.9 Å². The number of amides is 1. The first-order valence-corrected chi connectivity index (χ1v) is 12.2. The van der Waals surface area contributed by atoms with Gasteiger partial charge in [0.15, 0.2) is 0 Å². The van der Waals surface area contributed by atoms with E-state index in [0.29, 0.717) is 19.7 Å². The van der Waals surface area contributed by atoms with Crippen LogP contribution in [0.3, 0.4) is 0 Å². The Labute approximate surface area is 202 Å². The van der Waals surface area contributed by atoms with Crippen LogP contribution in [0.4, 0.5) is 0 Å². The Balaban J connectivity index is 1.24. The van der Waals surface area contributed by atoms with Gasteiger partial charge < -0.3 is 19.9 Å². The van der Waals surface area contributed by atoms with E-state index in [0.717, 1.165) is 55.3 Å². The van der Waals surface area contributed by atoms with Crippen molar-refractivity contribution in [3.8, 4) is 11.5 Å². The van der Waals surface area contributed by atoms with Gasteiger partial charge in [0.2, 0.25) is 5.91 Å². The largest absolute Gasteiger partial charge is 0.457 e. The third kappa shape index (κ3) is 6.36. The number of para-hydroxylation sites is 2. The molecule has 2 N–H and O–H groups in total. The van der Waals surface area contributed by atoms with Gasteiger partial charge in [-0.1, -0.05) is 36.4 Å². The van der Waals surface area contributed by atoms with Gasteiger partial charge in [-0.15, -0.1) is 0 Å². The first kappa shape index (κ1) is 24.7. The van der Waals surface area contributed by atoms with E-state index in [1.54, 1.807) is 0 Å². The van der Waals surface area contributed by atoms with Crippen LogP contribution >= 0.6 is 0 Å². The van der Waals surface area contributed by atoms with E-state index in [1.165, 1.54) is 0 Å². The van der Waals surface area contributed by atoms with Crippen LogP contribution in [0.25, 0.3) is 0 Å². The quantitative estimate of drug-likeness (QED) is 0.622. The van der Waals surface area contributed by atoms with E-state index in [1.807, 2.05) is 69.3 Å². The molecule has 0 aromatic heterocycles. The monoisotopic (exact) mass is 467 g/mol. The molecule has 2 aliphatic rings. The Morgan fingerprint density at radius 2 is 1.59 bits per heavy atom. The molecule has 2 aromatic carbocycles. The molecule has 2 aromatic rings. The van der Waals surface area contributed by atoms with Crippen molar-refractivity contribution in [2.24, 2.45) is 0 Å². The number of ether oxygens (including phenoxy) is 2. The third-order valence-electron chi connectivity index (χ3n) is 6.31. The van der Waals surface area contributed by atoms with Crippen molar-refractivity contribution >= 4 is 5.91 Å². The van der Waals surface area contributed by atoms with E-state index in [-0.39, 0.29) is 17.4 Å². The van der Waals surface area contributed by atoms with Crippen molar-refractivity contribution in [3.05, 3.63) is 59.7 Å². The lowest BCUT2D eigenvalue weighted by Gasteiger charge is -2.36. The average molecular weight is 468 g/mol. The lowest BCUT2D eigenvalue weighted by Crippen LogP contribution is -2.50. The van der Waals surface area contributed by atoms with Crippen LogP contribution in [-0.2, 0) is 9.53 Å². The average Bonchev–Trinajstić information content (AvgIpc) is 2.82. The second-order valence-electron chi connectivity index (χ2n) is 10.1. The molecule has 0 saturated carbocycles. The van der Waals surface area contributed by atoms with Gasteiger partial charge in [-0.05, 0) is 32.9 Å². The highest BCUT2D eigenvalue weighted by molar-refractivity contribution is 5.89. The van der Waals surface area contributed by atoms with Crippen LogP contribution in [0, 0.1) is 0 Å². The summed E-state index contributed by atoms with van der Waals surface area (Å²) in [6.45, 7) is 12.0. The molecule has 184 valence electrons. The fourth-order valence-electron chi connectivity index (χ4n) is 4.52. The smallest absolute Gasteiger partial charge is 0.232 e. The fourth-order valence-corrected chi connectivity index (χ4v) is 4.52. The Morgan fingerprint density at radius 1 is 1.03 bits per heavy atom. The number of aliphatic hydroxyl groups excluding tert-OH is 1. The van der Waals surface area contributed by atoms with E-state index < -0.39 is 6.10 Å². The summed E-state index contributed by atoms with van der Waals surface area (Å²) >= 11 is 0. The predicted octanol–water partition coefficient (Wildman–Crippen LogP) is 2.83. The molecule has 1 amide bonds. The van der Waals surface area contributed by atoms with Crippen molar-refractivity contribution in [1.29, 1.82) is 0 Å². The van der Waals surface area contributed by atoms with Crippen LogP contribution in [0.15, 0.2) is 48.5 Å². The summed E-state index contributed by atoms with van der Waals surface area (Å²) in [6.07, 6.45) is -0.477. The topological polar surface area (TPSA) is 74.3 Å². The highest BCUT2D eigenvalue weighted by Crippen LogP contribution is 2.43. The van der Waals surface area contributed by atoms with Crippen molar-refractivity contribution in [3.63, 3.8) is 0 Å². The summed E-state index contributed by atoms with van der Waals surface area (Å²) in [6, 6.07) is 15.5. The number of benzene rings is 2. The van der Waals surface area contributed by atoms with E-state index >= 15 is 0 Å². The molecule has 1 fully saturated rings. The molecule has 0 bridgehead atoms. The maximum atomic E-state index is 13.2. The molecule has 2 heterocycles. The summed E-state index contributed by atoms with van der Waals surface area (Å²) in [7, 11) is 0. The second-order valence-corrected chi connectivity index (χ2v) is 10.1. The number of nitrogens with zero attached hydrogens (tertiary/aromatic N) is 2. The zero-order valence-electron chi connectivity index (χ0n) is 20.5. The first-order valence-electron chi connectivity index (χ1n) is 12.2. The minimum atomic E-state index is -0.477. The van der Waals surface area contributed by atoms with Crippen LogP contribution in [-0.4, -0.2) is 84.9 Å². The van der Waals surface area contributed by atoms with Gasteiger partial charge in [0.1, 0.15) is 11.5 Å². The van der Waals surface area contributed by atoms with Crippen LogP contribution in [0.2, 0.25) is 0 Å². The Kier molecular flexibility index (Phi) is 7.88. The molecule has 7 heteroatoms. The summed E-state index contributed by atoms with van der Waals surface area (Å²) in [5, 5.41) is 13.4. The zero-order valence-corrected chi connectivity index (χ0v) is 20.5. The summed E-state index contributed by atoms with van der Waals surface area (Å²) < 4.78 is 11.7. The molecular weight excluding hydrogens is 430 g/mol.